The average molecular weight is 608 g/mol. The standard InChI is InChI=1S/C28H24ClN3O4S.C4H10O/c1-15-10-22-27(26(20(15)13-25(33)34)16-4-7-19(29)8-5-16)37-28(32-22)18(14-30)11-21(31)17-6-9-23(35-2)24(12-17)36-3;1-4(2,3)5/h4-12,14,30-31H,13H2,1-3H3,(H,33,34);5H,1-3H3/b18-11+,30-14?,31-21?;. The van der Waals surface area contributed by atoms with Gasteiger partial charge in [0.05, 0.1) is 42.2 Å². The number of ether oxygens (including phenoxy) is 2. The zero-order valence-electron chi connectivity index (χ0n) is 24.3. The Morgan fingerprint density at radius 1 is 1.07 bits per heavy atom. The van der Waals surface area contributed by atoms with E-state index in [1.807, 2.05) is 25.1 Å². The third-order valence-corrected chi connectivity index (χ3v) is 7.26. The second-order valence-electron chi connectivity index (χ2n) is 10.4. The van der Waals surface area contributed by atoms with E-state index in [0.29, 0.717) is 43.7 Å². The van der Waals surface area contributed by atoms with Gasteiger partial charge in [-0.05, 0) is 86.9 Å². The van der Waals surface area contributed by atoms with Gasteiger partial charge in [0.1, 0.15) is 5.01 Å². The summed E-state index contributed by atoms with van der Waals surface area (Å²) >= 11 is 7.46. The van der Waals surface area contributed by atoms with E-state index in [1.165, 1.54) is 24.7 Å². The fraction of sp³-hybridized carbons (Fsp3) is 0.250. The minimum Gasteiger partial charge on any atom is -0.493 e. The van der Waals surface area contributed by atoms with Crippen LogP contribution in [0.2, 0.25) is 5.02 Å². The van der Waals surface area contributed by atoms with Crippen LogP contribution in [-0.2, 0) is 11.2 Å². The molecule has 0 aliphatic carbocycles. The first-order valence-corrected chi connectivity index (χ1v) is 14.1. The molecule has 3 aromatic carbocycles. The van der Waals surface area contributed by atoms with E-state index in [4.69, 9.17) is 42.0 Å². The Morgan fingerprint density at radius 3 is 2.24 bits per heavy atom. The molecular weight excluding hydrogens is 574 g/mol. The molecule has 0 atom stereocenters. The number of carbonyl (C=O) groups is 1. The summed E-state index contributed by atoms with van der Waals surface area (Å²) in [6.07, 6.45) is 2.61. The molecule has 42 heavy (non-hydrogen) atoms. The van der Waals surface area contributed by atoms with Gasteiger partial charge in [-0.1, -0.05) is 23.7 Å². The van der Waals surface area contributed by atoms with E-state index in [0.717, 1.165) is 21.4 Å². The molecule has 4 aromatic rings. The first-order valence-electron chi connectivity index (χ1n) is 12.9. The van der Waals surface area contributed by atoms with Crippen LogP contribution < -0.4 is 9.47 Å². The van der Waals surface area contributed by atoms with E-state index in [1.54, 1.807) is 64.3 Å². The monoisotopic (exact) mass is 607 g/mol. The molecule has 0 aliphatic heterocycles. The smallest absolute Gasteiger partial charge is 0.307 e. The number of aliphatic carboxylic acids is 1. The Labute approximate surface area is 254 Å². The van der Waals surface area contributed by atoms with Gasteiger partial charge in [0.15, 0.2) is 11.5 Å². The maximum absolute atomic E-state index is 11.7. The molecule has 1 aromatic heterocycles. The summed E-state index contributed by atoms with van der Waals surface area (Å²) in [5, 5.41) is 35.9. The number of benzene rings is 3. The van der Waals surface area contributed by atoms with Gasteiger partial charge in [0.2, 0.25) is 0 Å². The SMILES string of the molecule is CC(C)(C)O.COc1ccc(C(=N)/C=C(\C=N)c2nc3cc(C)c(CC(=O)O)c(-c4ccc(Cl)cc4)c3s2)cc1OC. The zero-order chi connectivity index (χ0) is 31.2. The minimum atomic E-state index is -0.925. The molecule has 0 saturated heterocycles. The van der Waals surface area contributed by atoms with Crippen LogP contribution in [0.4, 0.5) is 0 Å². The van der Waals surface area contributed by atoms with Crippen LogP contribution >= 0.6 is 22.9 Å². The molecule has 8 nitrogen and oxygen atoms in total. The lowest BCUT2D eigenvalue weighted by Gasteiger charge is -2.13. The third-order valence-electron chi connectivity index (χ3n) is 5.87. The molecule has 4 rings (SSSR count). The van der Waals surface area contributed by atoms with Crippen LogP contribution in [-0.4, -0.2) is 52.9 Å². The Bertz CT molecular complexity index is 1650. The molecule has 0 spiro atoms. The molecular formula is C32H34ClN3O5S. The number of nitrogens with zero attached hydrogens (tertiary/aromatic N) is 1. The normalized spacial score (nSPS) is 11.5. The van der Waals surface area contributed by atoms with Crippen molar-refractivity contribution in [3.8, 4) is 22.6 Å². The highest BCUT2D eigenvalue weighted by molar-refractivity contribution is 7.20. The van der Waals surface area contributed by atoms with E-state index in [2.05, 4.69) is 0 Å². The van der Waals surface area contributed by atoms with Gasteiger partial charge in [-0.2, -0.15) is 0 Å². The Balaban J connectivity index is 0.000000892. The Hall–Kier alpha value is -4.05. The maximum Gasteiger partial charge on any atom is 0.307 e. The summed E-state index contributed by atoms with van der Waals surface area (Å²) in [4.78, 5) is 16.4. The van der Waals surface area contributed by atoms with E-state index < -0.39 is 11.6 Å². The molecule has 0 radical (unpaired) electrons. The predicted molar refractivity (Wildman–Crippen MR) is 171 cm³/mol. The van der Waals surface area contributed by atoms with Crippen molar-refractivity contribution in [1.82, 2.24) is 4.98 Å². The number of hydrogen-bond donors (Lipinski definition) is 4. The van der Waals surface area contributed by atoms with Crippen molar-refractivity contribution in [2.75, 3.05) is 14.2 Å². The van der Waals surface area contributed by atoms with Gasteiger partial charge >= 0.3 is 5.97 Å². The number of aliphatic hydroxyl groups is 1. The van der Waals surface area contributed by atoms with Crippen LogP contribution in [0.15, 0.2) is 54.6 Å². The number of aryl methyl sites for hydroxylation is 1. The number of fused-ring (bicyclic) bond motifs is 1. The fourth-order valence-electron chi connectivity index (χ4n) is 4.07. The highest BCUT2D eigenvalue weighted by Crippen LogP contribution is 2.40. The van der Waals surface area contributed by atoms with Crippen LogP contribution in [0.25, 0.3) is 26.9 Å². The molecule has 0 amide bonds. The van der Waals surface area contributed by atoms with Crippen molar-refractivity contribution in [3.63, 3.8) is 0 Å². The van der Waals surface area contributed by atoms with Gasteiger partial charge in [0.25, 0.3) is 0 Å². The van der Waals surface area contributed by atoms with Crippen molar-refractivity contribution in [2.45, 2.75) is 39.7 Å². The second-order valence-corrected chi connectivity index (χ2v) is 11.8. The highest BCUT2D eigenvalue weighted by atomic mass is 35.5. The van der Waals surface area contributed by atoms with Gasteiger partial charge in [0, 0.05) is 27.9 Å². The zero-order valence-corrected chi connectivity index (χ0v) is 25.9. The number of carboxylic acids is 1. The number of carboxylic acid groups (broad SMARTS) is 1. The summed E-state index contributed by atoms with van der Waals surface area (Å²) in [5.74, 6) is 0.137. The molecule has 0 aliphatic rings. The minimum absolute atomic E-state index is 0.135. The summed E-state index contributed by atoms with van der Waals surface area (Å²) in [6.45, 7) is 7.10. The molecule has 1 heterocycles. The molecule has 220 valence electrons. The number of nitrogens with one attached hydrogen (secondary N) is 2. The van der Waals surface area contributed by atoms with Gasteiger partial charge < -0.3 is 30.5 Å². The third kappa shape index (κ3) is 8.25. The number of thiazole rings is 1. The van der Waals surface area contributed by atoms with Gasteiger partial charge in [-0.25, -0.2) is 4.98 Å². The largest absolute Gasteiger partial charge is 0.493 e. The number of rotatable bonds is 9. The van der Waals surface area contributed by atoms with Gasteiger partial charge in [-0.15, -0.1) is 11.3 Å². The summed E-state index contributed by atoms with van der Waals surface area (Å²) in [6, 6.07) is 14.3. The van der Waals surface area contributed by atoms with Crippen LogP contribution in [0, 0.1) is 17.7 Å². The molecule has 0 fully saturated rings. The molecule has 10 heteroatoms. The predicted octanol–water partition coefficient (Wildman–Crippen LogP) is 7.45. The van der Waals surface area contributed by atoms with Crippen molar-refractivity contribution in [2.24, 2.45) is 0 Å². The van der Waals surface area contributed by atoms with E-state index in [9.17, 15) is 9.90 Å². The van der Waals surface area contributed by atoms with Crippen molar-refractivity contribution in [3.05, 3.63) is 81.3 Å². The molecule has 0 unspecified atom stereocenters. The maximum atomic E-state index is 11.7. The lowest BCUT2D eigenvalue weighted by Crippen LogP contribution is -2.10. The highest BCUT2D eigenvalue weighted by Gasteiger charge is 2.20. The number of aromatic nitrogens is 1. The van der Waals surface area contributed by atoms with Gasteiger partial charge in [-0.3, -0.25) is 4.79 Å². The van der Waals surface area contributed by atoms with Crippen LogP contribution in [0.5, 0.6) is 11.5 Å². The molecule has 0 bridgehead atoms. The second kappa shape index (κ2) is 13.7. The summed E-state index contributed by atoms with van der Waals surface area (Å²) in [7, 11) is 3.08. The van der Waals surface area contributed by atoms with E-state index in [-0.39, 0.29) is 12.1 Å². The lowest BCUT2D eigenvalue weighted by molar-refractivity contribution is -0.136. The van der Waals surface area contributed by atoms with Crippen LogP contribution in [0.3, 0.4) is 0 Å². The summed E-state index contributed by atoms with van der Waals surface area (Å²) < 4.78 is 11.4. The molecule has 0 saturated carbocycles. The Morgan fingerprint density at radius 2 is 1.69 bits per heavy atom. The quantitative estimate of drug-likeness (QED) is 0.146. The topological polar surface area (TPSA) is 137 Å². The molecule has 4 N–H and O–H groups in total. The van der Waals surface area contributed by atoms with Crippen molar-refractivity contribution in [1.29, 1.82) is 10.8 Å². The Kier molecular flexibility index (Phi) is 10.6. The average Bonchev–Trinajstić information content (AvgIpc) is 3.34. The lowest BCUT2D eigenvalue weighted by atomic mass is 9.93. The van der Waals surface area contributed by atoms with Crippen LogP contribution in [0.1, 0.15) is 42.5 Å². The number of hydrogen-bond acceptors (Lipinski definition) is 8. The van der Waals surface area contributed by atoms with E-state index >= 15 is 0 Å². The first-order chi connectivity index (χ1) is 19.7. The fourth-order valence-corrected chi connectivity index (χ4v) is 5.32. The number of methoxy groups -OCH3 is 2. The summed E-state index contributed by atoms with van der Waals surface area (Å²) in [5.41, 5.74) is 4.58. The number of halogens is 1. The van der Waals surface area contributed by atoms with Crippen molar-refractivity contribution >= 4 is 56.6 Å². The number of allylic oxidation sites excluding steroid dienone is 2. The van der Waals surface area contributed by atoms with Crippen molar-refractivity contribution < 1.29 is 24.5 Å². The first kappa shape index (κ1) is 32.5.